The van der Waals surface area contributed by atoms with Crippen LogP contribution in [0.1, 0.15) is 26.7 Å². The molecule has 56 valence electrons. The molecule has 0 aromatic rings. The highest BCUT2D eigenvalue weighted by atomic mass is 15.0. The van der Waals surface area contributed by atoms with Crippen LogP contribution < -0.4 is 15.4 Å². The second kappa shape index (κ2) is 9.07. The first-order valence-corrected chi connectivity index (χ1v) is 4.04. The van der Waals surface area contributed by atoms with Gasteiger partial charge in [-0.25, -0.2) is 0 Å². The summed E-state index contributed by atoms with van der Waals surface area (Å²) in [6.07, 6.45) is 2.64. The van der Waals surface area contributed by atoms with Crippen LogP contribution >= 0.6 is 0 Å². The van der Waals surface area contributed by atoms with E-state index in [1.54, 1.807) is 0 Å². The van der Waals surface area contributed by atoms with Gasteiger partial charge in [-0.2, -0.15) is 0 Å². The van der Waals surface area contributed by atoms with Crippen molar-refractivity contribution in [2.24, 2.45) is 0 Å². The molecular weight excluding hydrogens is 123 g/mol. The molecule has 1 heterocycles. The second-order valence-electron chi connectivity index (χ2n) is 2.28. The fourth-order valence-corrected chi connectivity index (χ4v) is 0.453. The average Bonchev–Trinajstić information content (AvgIpc) is 2.08. The summed E-state index contributed by atoms with van der Waals surface area (Å²) in [4.78, 5) is 0. The van der Waals surface area contributed by atoms with Crippen LogP contribution in [0.5, 0.6) is 0 Å². The van der Waals surface area contributed by atoms with Gasteiger partial charge in [-0.3, -0.25) is 0 Å². The van der Waals surface area contributed by atoms with Gasteiger partial charge in [0.05, 0.1) is 0 Å². The predicted molar refractivity (Wildman–Crippen MR) is 51.4 cm³/mol. The number of rotatable bonds is 1. The van der Waals surface area contributed by atoms with Crippen LogP contribution in [0.4, 0.5) is 0 Å². The van der Waals surface area contributed by atoms with Gasteiger partial charge in [-0.05, 0) is 0 Å². The second-order valence-corrected chi connectivity index (χ2v) is 2.28. The Bertz CT molecular complexity index is 46.2. The van der Waals surface area contributed by atoms with Gasteiger partial charge in [0.25, 0.3) is 22.6 Å². The van der Waals surface area contributed by atoms with E-state index >= 15 is 0 Å². The molecule has 6 heteroatoms. The maximum Gasteiger partial charge on any atom is 0.265 e. The Morgan fingerprint density at radius 2 is 1.10 bits per heavy atom. The van der Waals surface area contributed by atoms with Crippen molar-refractivity contribution in [2.45, 2.75) is 26.7 Å². The van der Waals surface area contributed by atoms with E-state index in [1.165, 1.54) is 12.8 Å². The summed E-state index contributed by atoms with van der Waals surface area (Å²) in [5, 5.41) is 9.19. The summed E-state index contributed by atoms with van der Waals surface area (Å²) in [5.74, 6) is 0. The van der Waals surface area contributed by atoms with Gasteiger partial charge in [0.1, 0.15) is 0 Å². The molecule has 0 atom stereocenters. The molecule has 3 nitrogen and oxygen atoms in total. The van der Waals surface area contributed by atoms with E-state index < -0.39 is 0 Å². The average molecular weight is 139 g/mol. The third kappa shape index (κ3) is 8.07. The summed E-state index contributed by atoms with van der Waals surface area (Å²) in [6.45, 7) is 4.36. The van der Waals surface area contributed by atoms with Crippen LogP contribution in [0.3, 0.4) is 0 Å². The lowest BCUT2D eigenvalue weighted by atomic mass is 9.85. The minimum absolute atomic E-state index is 0.938. The molecule has 1 aliphatic rings. The van der Waals surface area contributed by atoms with E-state index in [2.05, 4.69) is 29.3 Å². The van der Waals surface area contributed by atoms with Gasteiger partial charge < -0.3 is 15.4 Å². The summed E-state index contributed by atoms with van der Waals surface area (Å²) in [5.41, 5.74) is 0. The highest BCUT2D eigenvalue weighted by Crippen LogP contribution is 1.76. The highest BCUT2D eigenvalue weighted by molar-refractivity contribution is 6.65. The quantitative estimate of drug-likeness (QED) is 0.381. The van der Waals surface area contributed by atoms with E-state index in [0.717, 1.165) is 22.6 Å². The lowest BCUT2D eigenvalue weighted by Gasteiger charge is -2.08. The zero-order valence-corrected chi connectivity index (χ0v) is 7.04. The molecule has 0 radical (unpaired) electrons. The number of hydrogen-bond donors (Lipinski definition) is 3. The highest BCUT2D eigenvalue weighted by Gasteiger charge is 1.97. The molecule has 0 aromatic carbocycles. The van der Waals surface area contributed by atoms with E-state index in [9.17, 15) is 0 Å². The Morgan fingerprint density at radius 1 is 0.800 bits per heavy atom. The summed E-state index contributed by atoms with van der Waals surface area (Å²) < 4.78 is 0. The molecule has 0 aromatic heterocycles. The molecule has 0 saturated carbocycles. The Morgan fingerprint density at radius 3 is 1.20 bits per heavy atom. The molecule has 10 heavy (non-hydrogen) atoms. The molecule has 0 aliphatic carbocycles. The Hall–Kier alpha value is 0.0748. The molecule has 0 spiro atoms. The van der Waals surface area contributed by atoms with E-state index in [-0.39, 0.29) is 0 Å². The molecule has 1 aliphatic heterocycles. The van der Waals surface area contributed by atoms with Crippen molar-refractivity contribution in [1.82, 2.24) is 15.4 Å². The molecule has 3 N–H and O–H groups in total. The first-order valence-electron chi connectivity index (χ1n) is 4.04. The summed E-state index contributed by atoms with van der Waals surface area (Å²) in [7, 11) is 2.81. The first kappa shape index (κ1) is 10.1. The van der Waals surface area contributed by atoms with Crippen molar-refractivity contribution >= 4 is 22.6 Å². The van der Waals surface area contributed by atoms with Crippen molar-refractivity contribution in [2.75, 3.05) is 0 Å². The Labute approximate surface area is 65.6 Å². The van der Waals surface area contributed by atoms with Gasteiger partial charge in [0.2, 0.25) is 0 Å². The third-order valence-electron chi connectivity index (χ3n) is 1.25. The van der Waals surface area contributed by atoms with Gasteiger partial charge in [0, 0.05) is 0 Å². The smallest absolute Gasteiger partial charge is 0.265 e. The van der Waals surface area contributed by atoms with Crippen LogP contribution in [0.15, 0.2) is 0 Å². The standard InChI is InChI=1S/C4H10.B3H6N3/c1-3-4-2;1-4-2-6-3-5-1/h3-4H2,1-2H3;1-6H. The lowest BCUT2D eigenvalue weighted by molar-refractivity contribution is 0.886. The van der Waals surface area contributed by atoms with Crippen LogP contribution in [0.25, 0.3) is 0 Å². The van der Waals surface area contributed by atoms with Crippen LogP contribution in [0, 0.1) is 0 Å². The Kier molecular flexibility index (Phi) is 9.14. The van der Waals surface area contributed by atoms with Crippen LogP contribution in [-0.2, 0) is 0 Å². The minimum Gasteiger partial charge on any atom is -0.378 e. The zero-order valence-electron chi connectivity index (χ0n) is 7.04. The van der Waals surface area contributed by atoms with E-state index in [1.807, 2.05) is 0 Å². The maximum absolute atomic E-state index is 3.06. The fourth-order valence-electron chi connectivity index (χ4n) is 0.453. The van der Waals surface area contributed by atoms with Crippen LogP contribution in [0.2, 0.25) is 0 Å². The van der Waals surface area contributed by atoms with E-state index in [4.69, 9.17) is 0 Å². The van der Waals surface area contributed by atoms with Gasteiger partial charge in [-0.15, -0.1) is 0 Å². The molecule has 0 amide bonds. The summed E-state index contributed by atoms with van der Waals surface area (Å²) >= 11 is 0. The fraction of sp³-hybridized carbons (Fsp3) is 1.00. The molecule has 0 bridgehead atoms. The van der Waals surface area contributed by atoms with Crippen molar-refractivity contribution < 1.29 is 0 Å². The van der Waals surface area contributed by atoms with E-state index in [0.29, 0.717) is 0 Å². The number of unbranched alkanes of at least 4 members (excludes halogenated alkanes) is 1. The third-order valence-corrected chi connectivity index (χ3v) is 1.25. The van der Waals surface area contributed by atoms with Gasteiger partial charge in [-0.1, -0.05) is 26.7 Å². The van der Waals surface area contributed by atoms with Gasteiger partial charge in [0.15, 0.2) is 0 Å². The van der Waals surface area contributed by atoms with Crippen LogP contribution in [-0.4, -0.2) is 22.6 Å². The Balaban J connectivity index is 0.000000180. The van der Waals surface area contributed by atoms with Gasteiger partial charge >= 0.3 is 0 Å². The first-order chi connectivity index (χ1) is 4.91. The number of hydrogen-bond acceptors (Lipinski definition) is 3. The summed E-state index contributed by atoms with van der Waals surface area (Å²) in [6, 6.07) is 0. The molecule has 1 fully saturated rings. The largest absolute Gasteiger partial charge is 0.378 e. The minimum atomic E-state index is 0.938. The van der Waals surface area contributed by atoms with Crippen molar-refractivity contribution in [3.63, 3.8) is 0 Å². The normalized spacial score (nSPS) is 15.0. The van der Waals surface area contributed by atoms with Crippen molar-refractivity contribution in [3.05, 3.63) is 0 Å². The number of nitrogens with one attached hydrogen (secondary N) is 3. The topological polar surface area (TPSA) is 36.1 Å². The predicted octanol–water partition coefficient (Wildman–Crippen LogP) is -1.63. The molecule has 0 unspecified atom stereocenters. The molecule has 1 saturated heterocycles. The molecular formula is C4H16B3N3. The van der Waals surface area contributed by atoms with Crippen molar-refractivity contribution in [1.29, 1.82) is 0 Å². The zero-order chi connectivity index (χ0) is 7.66. The lowest BCUT2D eigenvalue weighted by Crippen LogP contribution is -2.55. The monoisotopic (exact) mass is 139 g/mol. The SMILES string of the molecule is B1NBNBN1.CCCC. The molecule has 1 rings (SSSR count). The maximum atomic E-state index is 3.06. The van der Waals surface area contributed by atoms with Crippen molar-refractivity contribution in [3.8, 4) is 0 Å².